The second-order valence-electron chi connectivity index (χ2n) is 4.40. The summed E-state index contributed by atoms with van der Waals surface area (Å²) in [5.41, 5.74) is 2.35. The van der Waals surface area contributed by atoms with Gasteiger partial charge in [0.1, 0.15) is 0 Å². The van der Waals surface area contributed by atoms with Crippen LogP contribution in [0, 0.1) is 12.7 Å². The smallest absolute Gasteiger partial charge is 0.185 e. The molecule has 2 aromatic carbocycles. The van der Waals surface area contributed by atoms with E-state index in [1.165, 1.54) is 25.3 Å². The lowest BCUT2D eigenvalue weighted by molar-refractivity contribution is 0.104. The van der Waals surface area contributed by atoms with Crippen molar-refractivity contribution in [2.45, 2.75) is 6.92 Å². The molecular weight excluding hydrogens is 255 g/mol. The van der Waals surface area contributed by atoms with Crippen LogP contribution in [-0.2, 0) is 0 Å². The zero-order chi connectivity index (χ0) is 14.5. The maximum absolute atomic E-state index is 13.5. The molecule has 0 radical (unpaired) electrons. The van der Waals surface area contributed by atoms with Crippen LogP contribution < -0.4 is 4.74 Å². The number of hydrogen-bond donors (Lipinski definition) is 0. The minimum Gasteiger partial charge on any atom is -0.494 e. The first-order valence-electron chi connectivity index (χ1n) is 6.23. The van der Waals surface area contributed by atoms with Gasteiger partial charge in [0.2, 0.25) is 0 Å². The number of ketones is 1. The van der Waals surface area contributed by atoms with Gasteiger partial charge >= 0.3 is 0 Å². The van der Waals surface area contributed by atoms with Crippen LogP contribution in [0.25, 0.3) is 6.08 Å². The predicted molar refractivity (Wildman–Crippen MR) is 77.5 cm³/mol. The van der Waals surface area contributed by atoms with Crippen molar-refractivity contribution in [2.75, 3.05) is 7.11 Å². The van der Waals surface area contributed by atoms with Crippen molar-refractivity contribution < 1.29 is 13.9 Å². The molecule has 2 nitrogen and oxygen atoms in total. The molecular formula is C17H15FO2. The molecule has 0 bridgehead atoms. The third kappa shape index (κ3) is 3.12. The lowest BCUT2D eigenvalue weighted by Crippen LogP contribution is -1.97. The van der Waals surface area contributed by atoms with Crippen molar-refractivity contribution in [1.82, 2.24) is 0 Å². The van der Waals surface area contributed by atoms with E-state index in [0.717, 1.165) is 11.1 Å². The van der Waals surface area contributed by atoms with Crippen molar-refractivity contribution in [2.24, 2.45) is 0 Å². The van der Waals surface area contributed by atoms with Crippen molar-refractivity contribution in [3.8, 4) is 5.75 Å². The highest BCUT2D eigenvalue weighted by atomic mass is 19.1. The summed E-state index contributed by atoms with van der Waals surface area (Å²) < 4.78 is 18.4. The quantitative estimate of drug-likeness (QED) is 0.619. The Kier molecular flexibility index (Phi) is 4.31. The largest absolute Gasteiger partial charge is 0.494 e. The number of halogens is 1. The highest BCUT2D eigenvalue weighted by molar-refractivity contribution is 6.06. The Labute approximate surface area is 117 Å². The summed E-state index contributed by atoms with van der Waals surface area (Å²) in [4.78, 5) is 12.0. The monoisotopic (exact) mass is 270 g/mol. The lowest BCUT2D eigenvalue weighted by atomic mass is 10.1. The van der Waals surface area contributed by atoms with E-state index in [1.807, 2.05) is 31.2 Å². The predicted octanol–water partition coefficient (Wildman–Crippen LogP) is 4.04. The molecule has 0 heterocycles. The van der Waals surface area contributed by atoms with E-state index >= 15 is 0 Å². The van der Waals surface area contributed by atoms with Crippen LogP contribution >= 0.6 is 0 Å². The van der Waals surface area contributed by atoms with Gasteiger partial charge in [-0.2, -0.15) is 0 Å². The van der Waals surface area contributed by atoms with Crippen molar-refractivity contribution in [3.05, 3.63) is 71.0 Å². The summed E-state index contributed by atoms with van der Waals surface area (Å²) in [6.45, 7) is 1.97. The number of aryl methyl sites for hydroxylation is 1. The number of rotatable bonds is 4. The van der Waals surface area contributed by atoms with Gasteiger partial charge in [0.05, 0.1) is 7.11 Å². The zero-order valence-corrected chi connectivity index (χ0v) is 11.4. The minimum absolute atomic E-state index is 0.129. The molecule has 0 fully saturated rings. The number of benzene rings is 2. The van der Waals surface area contributed by atoms with E-state index in [0.29, 0.717) is 5.56 Å². The van der Waals surface area contributed by atoms with Gasteiger partial charge in [0, 0.05) is 5.56 Å². The fourth-order valence-corrected chi connectivity index (χ4v) is 1.86. The van der Waals surface area contributed by atoms with E-state index in [9.17, 15) is 9.18 Å². The van der Waals surface area contributed by atoms with Gasteiger partial charge in [-0.1, -0.05) is 30.3 Å². The summed E-state index contributed by atoms with van der Waals surface area (Å²) in [5, 5.41) is 0. The molecule has 0 aliphatic rings. The fraction of sp³-hybridized carbons (Fsp3) is 0.118. The normalized spacial score (nSPS) is 10.8. The van der Waals surface area contributed by atoms with Crippen molar-refractivity contribution in [1.29, 1.82) is 0 Å². The Hall–Kier alpha value is -2.42. The van der Waals surface area contributed by atoms with Gasteiger partial charge in [-0.05, 0) is 42.3 Å². The maximum Gasteiger partial charge on any atom is 0.185 e. The van der Waals surface area contributed by atoms with Gasteiger partial charge in [0.15, 0.2) is 17.3 Å². The van der Waals surface area contributed by atoms with E-state index < -0.39 is 5.82 Å². The van der Waals surface area contributed by atoms with Gasteiger partial charge in [-0.3, -0.25) is 4.79 Å². The first-order valence-corrected chi connectivity index (χ1v) is 6.23. The number of allylic oxidation sites excluding steroid dienone is 1. The van der Waals surface area contributed by atoms with Crippen LogP contribution in [0.3, 0.4) is 0 Å². The second kappa shape index (κ2) is 6.15. The molecule has 0 atom stereocenters. The van der Waals surface area contributed by atoms with Crippen LogP contribution in [0.15, 0.2) is 48.5 Å². The third-order valence-corrected chi connectivity index (χ3v) is 3.04. The summed E-state index contributed by atoms with van der Waals surface area (Å²) in [5.74, 6) is -0.651. The topological polar surface area (TPSA) is 26.3 Å². The molecule has 0 spiro atoms. The Morgan fingerprint density at radius 2 is 1.95 bits per heavy atom. The Bertz CT molecular complexity index is 660. The van der Waals surface area contributed by atoms with Crippen LogP contribution in [0.2, 0.25) is 0 Å². The van der Waals surface area contributed by atoms with Crippen LogP contribution in [0.4, 0.5) is 4.39 Å². The maximum atomic E-state index is 13.5. The molecule has 0 aliphatic heterocycles. The minimum atomic E-state index is -0.539. The highest BCUT2D eigenvalue weighted by Gasteiger charge is 2.07. The highest BCUT2D eigenvalue weighted by Crippen LogP contribution is 2.18. The standard InChI is InChI=1S/C17H15FO2/c1-12-5-3-4-6-13(12)7-9-16(19)14-8-10-17(20-2)15(18)11-14/h3-11H,1-2H3/b9-7+. The number of ether oxygens (including phenoxy) is 1. The first-order chi connectivity index (χ1) is 9.61. The first kappa shape index (κ1) is 14.0. The average Bonchev–Trinajstić information content (AvgIpc) is 2.46. The number of carbonyl (C=O) groups is 1. The molecule has 0 saturated heterocycles. The van der Waals surface area contributed by atoms with Gasteiger partial charge in [0.25, 0.3) is 0 Å². The summed E-state index contributed by atoms with van der Waals surface area (Å²) in [6, 6.07) is 11.9. The molecule has 0 saturated carbocycles. The van der Waals surface area contributed by atoms with E-state index in [-0.39, 0.29) is 11.5 Å². The summed E-state index contributed by atoms with van der Waals surface area (Å²) in [6.07, 6.45) is 3.18. The molecule has 0 amide bonds. The van der Waals surface area contributed by atoms with Gasteiger partial charge in [-0.15, -0.1) is 0 Å². The lowest BCUT2D eigenvalue weighted by Gasteiger charge is -2.03. The van der Waals surface area contributed by atoms with Crippen LogP contribution in [0.5, 0.6) is 5.75 Å². The second-order valence-corrected chi connectivity index (χ2v) is 4.40. The molecule has 2 rings (SSSR count). The number of hydrogen-bond acceptors (Lipinski definition) is 2. The van der Waals surface area contributed by atoms with Gasteiger partial charge in [-0.25, -0.2) is 4.39 Å². The van der Waals surface area contributed by atoms with E-state index in [2.05, 4.69) is 0 Å². The Morgan fingerprint density at radius 3 is 2.60 bits per heavy atom. The summed E-state index contributed by atoms with van der Waals surface area (Å²) >= 11 is 0. The van der Waals surface area contributed by atoms with E-state index in [1.54, 1.807) is 12.1 Å². The molecule has 0 unspecified atom stereocenters. The van der Waals surface area contributed by atoms with Crippen LogP contribution in [0.1, 0.15) is 21.5 Å². The molecule has 2 aromatic rings. The Balaban J connectivity index is 2.20. The number of carbonyl (C=O) groups excluding carboxylic acids is 1. The fourth-order valence-electron chi connectivity index (χ4n) is 1.86. The molecule has 20 heavy (non-hydrogen) atoms. The van der Waals surface area contributed by atoms with Crippen molar-refractivity contribution >= 4 is 11.9 Å². The molecule has 0 N–H and O–H groups in total. The van der Waals surface area contributed by atoms with Crippen LogP contribution in [-0.4, -0.2) is 12.9 Å². The molecule has 3 heteroatoms. The molecule has 0 aliphatic carbocycles. The summed E-state index contributed by atoms with van der Waals surface area (Å²) in [7, 11) is 1.39. The average molecular weight is 270 g/mol. The Morgan fingerprint density at radius 1 is 1.20 bits per heavy atom. The SMILES string of the molecule is COc1ccc(C(=O)/C=C/c2ccccc2C)cc1F. The van der Waals surface area contributed by atoms with Crippen molar-refractivity contribution in [3.63, 3.8) is 0 Å². The number of methoxy groups -OCH3 is 1. The molecule has 102 valence electrons. The van der Waals surface area contributed by atoms with Gasteiger partial charge < -0.3 is 4.74 Å². The molecule has 0 aromatic heterocycles. The van der Waals surface area contributed by atoms with E-state index in [4.69, 9.17) is 4.74 Å². The zero-order valence-electron chi connectivity index (χ0n) is 11.4. The third-order valence-electron chi connectivity index (χ3n) is 3.04.